The molecule has 1 saturated heterocycles. The maximum atomic E-state index is 12.9. The van der Waals surface area contributed by atoms with Crippen molar-refractivity contribution in [2.45, 2.75) is 25.3 Å². The quantitative estimate of drug-likeness (QED) is 0.426. The topological polar surface area (TPSA) is 109 Å². The Hall–Kier alpha value is -2.62. The number of nitroso groups, excluding NO2 is 1. The van der Waals surface area contributed by atoms with Crippen LogP contribution in [0.25, 0.3) is 0 Å². The average molecular weight is 409 g/mol. The molecule has 0 bridgehead atoms. The molecule has 2 amide bonds. The van der Waals surface area contributed by atoms with Crippen molar-refractivity contribution in [3.8, 4) is 0 Å². The number of rotatable bonds is 4. The van der Waals surface area contributed by atoms with Crippen molar-refractivity contribution >= 4 is 45.1 Å². The molecule has 0 saturated carbocycles. The van der Waals surface area contributed by atoms with E-state index < -0.39 is 23.3 Å². The van der Waals surface area contributed by atoms with Crippen LogP contribution in [0.4, 0.5) is 5.69 Å². The van der Waals surface area contributed by atoms with Crippen LogP contribution in [0, 0.1) is 4.91 Å². The predicted molar refractivity (Wildman–Crippen MR) is 90.3 cm³/mol. The normalized spacial score (nSPS) is 22.6. The van der Waals surface area contributed by atoms with Gasteiger partial charge in [-0.25, -0.2) is 9.69 Å². The van der Waals surface area contributed by atoms with E-state index in [4.69, 9.17) is 4.74 Å². The second-order valence-electron chi connectivity index (χ2n) is 5.53. The third-order valence-electron chi connectivity index (χ3n) is 4.03. The Morgan fingerprint density at radius 3 is 2.60 bits per heavy atom. The van der Waals surface area contributed by atoms with Gasteiger partial charge in [-0.2, -0.15) is 0 Å². The van der Waals surface area contributed by atoms with E-state index in [-0.39, 0.29) is 25.2 Å². The molecule has 0 aliphatic carbocycles. The monoisotopic (exact) mass is 408 g/mol. The maximum absolute atomic E-state index is 12.9. The molecule has 2 aliphatic rings. The van der Waals surface area contributed by atoms with Crippen LogP contribution in [0.15, 0.2) is 39.1 Å². The van der Waals surface area contributed by atoms with Gasteiger partial charge in [-0.3, -0.25) is 9.59 Å². The van der Waals surface area contributed by atoms with E-state index in [0.717, 1.165) is 9.37 Å². The van der Waals surface area contributed by atoms with Gasteiger partial charge in [0, 0.05) is 10.9 Å². The Morgan fingerprint density at radius 2 is 2.00 bits per heavy atom. The first kappa shape index (κ1) is 17.2. The van der Waals surface area contributed by atoms with Crippen molar-refractivity contribution in [2.24, 2.45) is 10.4 Å². The third-order valence-corrected chi connectivity index (χ3v) is 4.55. The van der Waals surface area contributed by atoms with Crippen LogP contribution in [0.2, 0.25) is 0 Å². The first-order chi connectivity index (χ1) is 11.9. The molecule has 1 spiro atoms. The number of ether oxygens (including phenoxy) is 1. The summed E-state index contributed by atoms with van der Waals surface area (Å²) in [5.74, 6) is -1.89. The molecule has 0 radical (unpaired) electrons. The summed E-state index contributed by atoms with van der Waals surface area (Å²) in [5.41, 5.74) is -1.36. The minimum Gasteiger partial charge on any atom is -0.461 e. The van der Waals surface area contributed by atoms with Crippen molar-refractivity contribution in [1.82, 2.24) is 5.12 Å². The first-order valence-corrected chi connectivity index (χ1v) is 8.23. The minimum atomic E-state index is -1.62. The molecular formula is C15H13BrN4O5. The Morgan fingerprint density at radius 1 is 1.32 bits per heavy atom. The van der Waals surface area contributed by atoms with Gasteiger partial charge >= 0.3 is 5.97 Å². The van der Waals surface area contributed by atoms with Crippen LogP contribution < -0.4 is 4.90 Å². The number of carbonyl (C=O) groups excluding carboxylic acids is 3. The average Bonchev–Trinajstić information content (AvgIpc) is 3.07. The zero-order valence-corrected chi connectivity index (χ0v) is 14.7. The highest BCUT2D eigenvalue weighted by Gasteiger charge is 2.61. The smallest absolute Gasteiger partial charge is 0.354 e. The van der Waals surface area contributed by atoms with Crippen LogP contribution >= 0.6 is 15.9 Å². The lowest BCUT2D eigenvalue weighted by molar-refractivity contribution is -0.135. The lowest BCUT2D eigenvalue weighted by Gasteiger charge is -2.24. The zero-order chi connectivity index (χ0) is 18.2. The molecule has 0 N–H and O–H groups in total. The molecule has 9 nitrogen and oxygen atoms in total. The van der Waals surface area contributed by atoms with E-state index in [2.05, 4.69) is 26.3 Å². The number of imide groups is 1. The summed E-state index contributed by atoms with van der Waals surface area (Å²) >= 11 is 3.28. The van der Waals surface area contributed by atoms with Crippen molar-refractivity contribution in [1.29, 1.82) is 0 Å². The van der Waals surface area contributed by atoms with E-state index in [0.29, 0.717) is 10.8 Å². The van der Waals surface area contributed by atoms with Gasteiger partial charge in [0.15, 0.2) is 11.3 Å². The highest BCUT2D eigenvalue weighted by atomic mass is 79.9. The van der Waals surface area contributed by atoms with Gasteiger partial charge in [0.1, 0.15) is 0 Å². The van der Waals surface area contributed by atoms with Crippen LogP contribution in [-0.2, 0) is 19.1 Å². The number of amides is 2. The molecule has 130 valence electrons. The van der Waals surface area contributed by atoms with E-state index in [1.807, 2.05) is 0 Å². The SMILES string of the molecule is CCOC(=O)C1=NN(N=O)[C@@]2(CC(=O)N(c3ccc(Br)cc3)C2=O)C1. The molecule has 1 aromatic rings. The molecule has 1 atom stereocenters. The van der Waals surface area contributed by atoms with Gasteiger partial charge in [-0.15, -0.1) is 15.1 Å². The summed E-state index contributed by atoms with van der Waals surface area (Å²) in [4.78, 5) is 49.4. The molecule has 2 aliphatic heterocycles. The second-order valence-corrected chi connectivity index (χ2v) is 6.45. The fraction of sp³-hybridized carbons (Fsp3) is 0.333. The van der Waals surface area contributed by atoms with E-state index >= 15 is 0 Å². The minimum absolute atomic E-state index is 0.111. The molecule has 25 heavy (non-hydrogen) atoms. The number of hydrogen-bond donors (Lipinski definition) is 0. The summed E-state index contributed by atoms with van der Waals surface area (Å²) in [6.07, 6.45) is -0.519. The Bertz CT molecular complexity index is 794. The van der Waals surface area contributed by atoms with Gasteiger partial charge in [0.25, 0.3) is 5.91 Å². The number of hydrogen-bond acceptors (Lipinski definition) is 7. The van der Waals surface area contributed by atoms with Crippen molar-refractivity contribution in [3.05, 3.63) is 33.6 Å². The number of halogens is 1. The molecular weight excluding hydrogens is 396 g/mol. The van der Waals surface area contributed by atoms with Crippen LogP contribution in [0.1, 0.15) is 19.8 Å². The van der Waals surface area contributed by atoms with E-state index in [9.17, 15) is 19.3 Å². The highest BCUT2D eigenvalue weighted by Crippen LogP contribution is 2.40. The lowest BCUT2D eigenvalue weighted by atomic mass is 9.92. The standard InChI is InChI=1S/C15H13BrN4O5/c1-2-25-13(22)11-7-15(20(17-11)18-24)8-12(21)19(14(15)23)10-5-3-9(16)4-6-10/h3-6H,2,7-8H2,1H3/t15-/m1/s1. The van der Waals surface area contributed by atoms with Crippen molar-refractivity contribution in [2.75, 3.05) is 11.5 Å². The van der Waals surface area contributed by atoms with Crippen LogP contribution in [0.5, 0.6) is 0 Å². The van der Waals surface area contributed by atoms with Crippen molar-refractivity contribution < 1.29 is 19.1 Å². The summed E-state index contributed by atoms with van der Waals surface area (Å²) in [7, 11) is 0. The molecule has 0 unspecified atom stereocenters. The Balaban J connectivity index is 1.94. The molecule has 1 aromatic carbocycles. The Labute approximate surface area is 150 Å². The molecule has 10 heteroatoms. The number of benzene rings is 1. The third kappa shape index (κ3) is 2.72. The Kier molecular flexibility index (Phi) is 4.38. The highest BCUT2D eigenvalue weighted by molar-refractivity contribution is 9.10. The molecule has 0 aromatic heterocycles. The number of hydrazone groups is 1. The van der Waals surface area contributed by atoms with Gasteiger partial charge in [0.2, 0.25) is 5.91 Å². The summed E-state index contributed by atoms with van der Waals surface area (Å²) in [5, 5.41) is 7.11. The summed E-state index contributed by atoms with van der Waals surface area (Å²) in [6, 6.07) is 6.57. The fourth-order valence-corrected chi connectivity index (χ4v) is 3.15. The van der Waals surface area contributed by atoms with Crippen molar-refractivity contribution in [3.63, 3.8) is 0 Å². The number of carbonyl (C=O) groups is 3. The van der Waals surface area contributed by atoms with Gasteiger partial charge < -0.3 is 4.74 Å². The molecule has 1 fully saturated rings. The van der Waals surface area contributed by atoms with Crippen LogP contribution in [-0.4, -0.2) is 40.8 Å². The van der Waals surface area contributed by atoms with Gasteiger partial charge in [0.05, 0.1) is 24.0 Å². The fourth-order valence-electron chi connectivity index (χ4n) is 2.89. The number of nitrogens with zero attached hydrogens (tertiary/aromatic N) is 4. The van der Waals surface area contributed by atoms with E-state index in [1.54, 1.807) is 31.2 Å². The van der Waals surface area contributed by atoms with Crippen LogP contribution in [0.3, 0.4) is 0 Å². The molecule has 3 rings (SSSR count). The maximum Gasteiger partial charge on any atom is 0.354 e. The predicted octanol–water partition coefficient (Wildman–Crippen LogP) is 1.76. The zero-order valence-electron chi connectivity index (χ0n) is 13.1. The number of esters is 1. The van der Waals surface area contributed by atoms with E-state index in [1.165, 1.54) is 0 Å². The lowest BCUT2D eigenvalue weighted by Crippen LogP contribution is -2.48. The number of anilines is 1. The summed E-state index contributed by atoms with van der Waals surface area (Å²) in [6.45, 7) is 1.75. The second kappa shape index (κ2) is 6.36. The largest absolute Gasteiger partial charge is 0.461 e. The van der Waals surface area contributed by atoms with Gasteiger partial charge in [-0.05, 0) is 31.2 Å². The first-order valence-electron chi connectivity index (χ1n) is 7.44. The molecule has 2 heterocycles. The van der Waals surface area contributed by atoms with Gasteiger partial charge in [-0.1, -0.05) is 15.9 Å². The summed E-state index contributed by atoms with van der Waals surface area (Å²) < 4.78 is 5.64.